The van der Waals surface area contributed by atoms with Crippen LogP contribution in [0.15, 0.2) is 6.20 Å². The Labute approximate surface area is 102 Å². The fraction of sp³-hybridized carbons (Fsp3) is 0.750. The Morgan fingerprint density at radius 1 is 1.56 bits per heavy atom. The highest BCUT2D eigenvalue weighted by atomic mass is 32.1. The molecule has 2 rings (SSSR count). The minimum absolute atomic E-state index is 0.370. The van der Waals surface area contributed by atoms with E-state index in [0.717, 1.165) is 24.5 Å². The summed E-state index contributed by atoms with van der Waals surface area (Å²) in [4.78, 5) is 8.20. The van der Waals surface area contributed by atoms with Gasteiger partial charge in [-0.2, -0.15) is 0 Å². The van der Waals surface area contributed by atoms with E-state index in [2.05, 4.69) is 30.7 Å². The zero-order valence-electron chi connectivity index (χ0n) is 10.3. The zero-order chi connectivity index (χ0) is 11.7. The van der Waals surface area contributed by atoms with Crippen LogP contribution < -0.4 is 5.73 Å². The van der Waals surface area contributed by atoms with Crippen LogP contribution >= 0.6 is 11.3 Å². The summed E-state index contributed by atoms with van der Waals surface area (Å²) in [6.07, 6.45) is 3.12. The van der Waals surface area contributed by atoms with Crippen LogP contribution in [-0.4, -0.2) is 28.5 Å². The van der Waals surface area contributed by atoms with Crippen LogP contribution in [0.5, 0.6) is 0 Å². The Bertz CT molecular complexity index is 350. The highest BCUT2D eigenvalue weighted by Gasteiger charge is 2.30. The van der Waals surface area contributed by atoms with Gasteiger partial charge in [-0.3, -0.25) is 4.90 Å². The van der Waals surface area contributed by atoms with Gasteiger partial charge in [0.2, 0.25) is 0 Å². The summed E-state index contributed by atoms with van der Waals surface area (Å²) in [6, 6.07) is 0.945. The van der Waals surface area contributed by atoms with Crippen LogP contribution in [0.4, 0.5) is 0 Å². The van der Waals surface area contributed by atoms with Crippen molar-refractivity contribution in [2.24, 2.45) is 11.7 Å². The summed E-state index contributed by atoms with van der Waals surface area (Å²) in [5.41, 5.74) is 6.09. The summed E-state index contributed by atoms with van der Waals surface area (Å²) in [6.45, 7) is 8.76. The first-order valence-electron chi connectivity index (χ1n) is 5.99. The maximum Gasteiger partial charge on any atom is 0.0897 e. The smallest absolute Gasteiger partial charge is 0.0897 e. The molecule has 0 bridgehead atoms. The number of thiazole rings is 1. The van der Waals surface area contributed by atoms with Crippen molar-refractivity contribution < 1.29 is 0 Å². The highest BCUT2D eigenvalue weighted by molar-refractivity contribution is 7.11. The van der Waals surface area contributed by atoms with E-state index in [9.17, 15) is 0 Å². The lowest BCUT2D eigenvalue weighted by Crippen LogP contribution is -2.51. The summed E-state index contributed by atoms with van der Waals surface area (Å²) < 4.78 is 0. The number of nitrogens with zero attached hydrogens (tertiary/aromatic N) is 2. The second kappa shape index (κ2) is 4.82. The van der Waals surface area contributed by atoms with Gasteiger partial charge >= 0.3 is 0 Å². The van der Waals surface area contributed by atoms with Gasteiger partial charge in [0.25, 0.3) is 0 Å². The molecule has 3 atom stereocenters. The van der Waals surface area contributed by atoms with E-state index in [4.69, 9.17) is 5.73 Å². The number of likely N-dealkylation sites (tertiary alicyclic amines) is 1. The number of hydrogen-bond acceptors (Lipinski definition) is 4. The average Bonchev–Trinajstić information content (AvgIpc) is 2.65. The van der Waals surface area contributed by atoms with Gasteiger partial charge in [0.05, 0.1) is 5.01 Å². The molecule has 1 aromatic heterocycles. The van der Waals surface area contributed by atoms with Gasteiger partial charge in [0, 0.05) is 36.2 Å². The van der Waals surface area contributed by atoms with Gasteiger partial charge in [0.1, 0.15) is 0 Å². The molecule has 2 heterocycles. The van der Waals surface area contributed by atoms with Gasteiger partial charge in [-0.25, -0.2) is 4.98 Å². The fourth-order valence-electron chi connectivity index (χ4n) is 2.37. The largest absolute Gasteiger partial charge is 0.327 e. The molecule has 0 spiro atoms. The van der Waals surface area contributed by atoms with Crippen LogP contribution in [0.1, 0.15) is 30.2 Å². The standard InChI is InChI=1S/C12H21N3S/c1-8-9(2)15(5-4-12(8)13)7-11-6-14-10(3)16-11/h6,8-9,12H,4-5,7,13H2,1-3H3. The van der Waals surface area contributed by atoms with E-state index in [1.807, 2.05) is 6.20 Å². The predicted molar refractivity (Wildman–Crippen MR) is 68.5 cm³/mol. The first-order valence-corrected chi connectivity index (χ1v) is 6.80. The SMILES string of the molecule is Cc1ncc(CN2CCC(N)C(C)C2C)s1. The maximum absolute atomic E-state index is 6.09. The molecule has 3 nitrogen and oxygen atoms in total. The normalized spacial score (nSPS) is 31.9. The third-order valence-corrected chi connectivity index (χ3v) is 4.69. The molecule has 16 heavy (non-hydrogen) atoms. The van der Waals surface area contributed by atoms with Crippen molar-refractivity contribution in [3.05, 3.63) is 16.1 Å². The monoisotopic (exact) mass is 239 g/mol. The number of rotatable bonds is 2. The summed E-state index contributed by atoms with van der Waals surface area (Å²) >= 11 is 1.80. The van der Waals surface area contributed by atoms with E-state index in [0.29, 0.717) is 18.0 Å². The van der Waals surface area contributed by atoms with E-state index in [1.165, 1.54) is 4.88 Å². The van der Waals surface area contributed by atoms with Crippen molar-refractivity contribution in [3.8, 4) is 0 Å². The number of nitrogens with two attached hydrogens (primary N) is 1. The summed E-state index contributed by atoms with van der Waals surface area (Å²) in [5, 5.41) is 1.16. The molecule has 1 fully saturated rings. The second-order valence-corrected chi connectivity index (χ2v) is 6.19. The molecule has 0 radical (unpaired) electrons. The summed E-state index contributed by atoms with van der Waals surface area (Å²) in [7, 11) is 0. The lowest BCUT2D eigenvalue weighted by molar-refractivity contribution is 0.0919. The Morgan fingerprint density at radius 2 is 2.31 bits per heavy atom. The molecule has 1 aliphatic heterocycles. The predicted octanol–water partition coefficient (Wildman–Crippen LogP) is 2.01. The van der Waals surface area contributed by atoms with E-state index in [-0.39, 0.29) is 0 Å². The van der Waals surface area contributed by atoms with Gasteiger partial charge in [-0.15, -0.1) is 11.3 Å². The Kier molecular flexibility index (Phi) is 3.62. The number of aromatic nitrogens is 1. The van der Waals surface area contributed by atoms with Crippen molar-refractivity contribution in [3.63, 3.8) is 0 Å². The van der Waals surface area contributed by atoms with Crippen molar-refractivity contribution in [1.82, 2.24) is 9.88 Å². The topological polar surface area (TPSA) is 42.2 Å². The fourth-order valence-corrected chi connectivity index (χ4v) is 3.19. The minimum atomic E-state index is 0.370. The Balaban J connectivity index is 2.00. The van der Waals surface area contributed by atoms with Crippen LogP contribution in [0, 0.1) is 12.8 Å². The Hall–Kier alpha value is -0.450. The van der Waals surface area contributed by atoms with Crippen LogP contribution in [0.3, 0.4) is 0 Å². The van der Waals surface area contributed by atoms with E-state index in [1.54, 1.807) is 11.3 Å². The molecule has 90 valence electrons. The molecule has 0 aliphatic carbocycles. The molecule has 1 saturated heterocycles. The third-order valence-electron chi connectivity index (χ3n) is 3.79. The zero-order valence-corrected chi connectivity index (χ0v) is 11.1. The summed E-state index contributed by atoms with van der Waals surface area (Å²) in [5.74, 6) is 0.586. The molecule has 1 aliphatic rings. The number of piperidine rings is 1. The lowest BCUT2D eigenvalue weighted by atomic mass is 9.88. The van der Waals surface area contributed by atoms with E-state index >= 15 is 0 Å². The van der Waals surface area contributed by atoms with Crippen molar-refractivity contribution >= 4 is 11.3 Å². The first kappa shape index (κ1) is 12.0. The molecule has 4 heteroatoms. The van der Waals surface area contributed by atoms with Gasteiger partial charge in [0.15, 0.2) is 0 Å². The number of aryl methyl sites for hydroxylation is 1. The molecule has 0 amide bonds. The molecule has 3 unspecified atom stereocenters. The quantitative estimate of drug-likeness (QED) is 0.858. The third kappa shape index (κ3) is 2.44. The molecule has 0 aromatic carbocycles. The first-order chi connectivity index (χ1) is 7.58. The molecule has 1 aromatic rings. The van der Waals surface area contributed by atoms with Gasteiger partial charge in [-0.1, -0.05) is 6.92 Å². The second-order valence-electron chi connectivity index (χ2n) is 4.87. The Morgan fingerprint density at radius 3 is 2.94 bits per heavy atom. The average molecular weight is 239 g/mol. The van der Waals surface area contributed by atoms with Crippen molar-refractivity contribution in [2.45, 2.75) is 45.8 Å². The van der Waals surface area contributed by atoms with Crippen LogP contribution in [0.25, 0.3) is 0 Å². The van der Waals surface area contributed by atoms with Gasteiger partial charge in [-0.05, 0) is 26.2 Å². The molecular weight excluding hydrogens is 218 g/mol. The molecule has 0 saturated carbocycles. The maximum atomic E-state index is 6.09. The molecule has 2 N–H and O–H groups in total. The van der Waals surface area contributed by atoms with E-state index < -0.39 is 0 Å². The van der Waals surface area contributed by atoms with Crippen LogP contribution in [0.2, 0.25) is 0 Å². The minimum Gasteiger partial charge on any atom is -0.327 e. The molecular formula is C12H21N3S. The van der Waals surface area contributed by atoms with Crippen molar-refractivity contribution in [2.75, 3.05) is 6.54 Å². The number of hydrogen-bond donors (Lipinski definition) is 1. The highest BCUT2D eigenvalue weighted by Crippen LogP contribution is 2.25. The van der Waals surface area contributed by atoms with Gasteiger partial charge < -0.3 is 5.73 Å². The van der Waals surface area contributed by atoms with Crippen LogP contribution in [-0.2, 0) is 6.54 Å². The van der Waals surface area contributed by atoms with Crippen molar-refractivity contribution in [1.29, 1.82) is 0 Å². The lowest BCUT2D eigenvalue weighted by Gasteiger charge is -2.41.